The van der Waals surface area contributed by atoms with Crippen molar-refractivity contribution in [3.63, 3.8) is 0 Å². The number of rotatable bonds is 1. The quantitative estimate of drug-likeness (QED) is 0.278. The van der Waals surface area contributed by atoms with Gasteiger partial charge in [-0.15, -0.1) is 11.6 Å². The van der Waals surface area contributed by atoms with Crippen LogP contribution in [-0.4, -0.2) is 16.1 Å². The Bertz CT molecular complexity index is 279. The van der Waals surface area contributed by atoms with E-state index in [1.165, 1.54) is 0 Å². The average molecular weight is 196 g/mol. The Morgan fingerprint density at radius 3 is 2.75 bits per heavy atom. The Morgan fingerprint density at radius 2 is 2.33 bits per heavy atom. The lowest BCUT2D eigenvalue weighted by molar-refractivity contribution is -0.587. The molecule has 0 aromatic carbocycles. The van der Waals surface area contributed by atoms with Gasteiger partial charge in [-0.2, -0.15) is 4.39 Å². The van der Waals surface area contributed by atoms with Crippen molar-refractivity contribution >= 4 is 11.6 Å². The van der Waals surface area contributed by atoms with Crippen LogP contribution in [0, 0.1) is 10.1 Å². The first-order valence-corrected chi connectivity index (χ1v) is 3.44. The number of allylic oxidation sites excluding steroid dienone is 2. The zero-order chi connectivity index (χ0) is 9.35. The van der Waals surface area contributed by atoms with E-state index in [1.54, 1.807) is 0 Å². The lowest BCUT2D eigenvalue weighted by Gasteiger charge is -2.18. The van der Waals surface area contributed by atoms with Gasteiger partial charge in [0.1, 0.15) is 5.83 Å². The molecule has 0 N–H and O–H groups in total. The second-order valence-electron chi connectivity index (χ2n) is 2.27. The fraction of sp³-hybridized carbons (Fsp3) is 0.333. The molecule has 0 aromatic rings. The zero-order valence-corrected chi connectivity index (χ0v) is 6.46. The smallest absolute Gasteiger partial charge is 0.261 e. The summed E-state index contributed by atoms with van der Waals surface area (Å²) < 4.78 is 25.5. The molecule has 2 atom stereocenters. The molecule has 66 valence electrons. The molecule has 6 heteroatoms. The van der Waals surface area contributed by atoms with Gasteiger partial charge >= 0.3 is 5.79 Å². The molecule has 0 saturated heterocycles. The molecule has 12 heavy (non-hydrogen) atoms. The van der Waals surface area contributed by atoms with Crippen LogP contribution in [0.4, 0.5) is 8.78 Å². The molecule has 0 bridgehead atoms. The maximum atomic E-state index is 13.1. The van der Waals surface area contributed by atoms with Crippen LogP contribution >= 0.6 is 11.6 Å². The van der Waals surface area contributed by atoms with Crippen LogP contribution in [-0.2, 0) is 0 Å². The zero-order valence-electron chi connectivity index (χ0n) is 5.71. The molecule has 0 fully saturated rings. The SMILES string of the molecule is O=[N+]([O-])[C@]1(F)C=C(F)C=C[C@@H]1Cl. The van der Waals surface area contributed by atoms with Gasteiger partial charge in [-0.3, -0.25) is 10.1 Å². The fourth-order valence-electron chi connectivity index (χ4n) is 0.786. The second-order valence-corrected chi connectivity index (χ2v) is 2.75. The highest BCUT2D eigenvalue weighted by molar-refractivity contribution is 6.22. The molecule has 0 radical (unpaired) electrons. The van der Waals surface area contributed by atoms with E-state index in [9.17, 15) is 18.9 Å². The van der Waals surface area contributed by atoms with Gasteiger partial charge in [0.2, 0.25) is 0 Å². The summed E-state index contributed by atoms with van der Waals surface area (Å²) in [6, 6.07) is 0. The van der Waals surface area contributed by atoms with Crippen molar-refractivity contribution in [1.82, 2.24) is 0 Å². The molecule has 0 spiro atoms. The van der Waals surface area contributed by atoms with Crippen LogP contribution < -0.4 is 0 Å². The van der Waals surface area contributed by atoms with E-state index in [-0.39, 0.29) is 6.08 Å². The van der Waals surface area contributed by atoms with Crippen LogP contribution in [0.5, 0.6) is 0 Å². The molecular weight excluding hydrogens is 192 g/mol. The lowest BCUT2D eigenvalue weighted by atomic mass is 10.1. The topological polar surface area (TPSA) is 43.1 Å². The number of nitrogens with zero attached hydrogens (tertiary/aromatic N) is 1. The number of hydrogen-bond donors (Lipinski definition) is 0. The molecule has 1 aliphatic carbocycles. The predicted octanol–water partition coefficient (Wildman–Crippen LogP) is 1.96. The summed E-state index contributed by atoms with van der Waals surface area (Å²) in [5.74, 6) is -4.02. The van der Waals surface area contributed by atoms with Crippen molar-refractivity contribution in [2.24, 2.45) is 0 Å². The summed E-state index contributed by atoms with van der Waals surface area (Å²) in [5, 5.41) is 8.67. The van der Waals surface area contributed by atoms with Gasteiger partial charge in [-0.25, -0.2) is 4.39 Å². The van der Waals surface area contributed by atoms with Crippen LogP contribution in [0.15, 0.2) is 24.1 Å². The molecule has 0 aliphatic heterocycles. The van der Waals surface area contributed by atoms with E-state index < -0.39 is 21.9 Å². The Labute approximate surface area is 71.5 Å². The van der Waals surface area contributed by atoms with Gasteiger partial charge in [0.25, 0.3) is 0 Å². The first-order valence-electron chi connectivity index (χ1n) is 3.01. The molecule has 0 saturated carbocycles. The summed E-state index contributed by atoms with van der Waals surface area (Å²) in [6.45, 7) is 0. The Hall–Kier alpha value is -0.970. The maximum absolute atomic E-state index is 13.1. The largest absolute Gasteiger partial charge is 0.400 e. The van der Waals surface area contributed by atoms with E-state index in [1.807, 2.05) is 0 Å². The normalized spacial score (nSPS) is 34.6. The standard InChI is InChI=1S/C6H4ClF2NO2/c7-5-2-1-4(8)3-6(5,9)10(11)12/h1-3,5H/t5-,6+/m0/s1. The summed E-state index contributed by atoms with van der Waals surface area (Å²) in [7, 11) is 0. The molecule has 0 aromatic heterocycles. The van der Waals surface area contributed by atoms with Gasteiger partial charge in [-0.05, 0) is 6.08 Å². The Morgan fingerprint density at radius 1 is 1.75 bits per heavy atom. The van der Waals surface area contributed by atoms with Gasteiger partial charge in [0.05, 0.1) is 11.0 Å². The number of hydrogen-bond acceptors (Lipinski definition) is 2. The van der Waals surface area contributed by atoms with E-state index >= 15 is 0 Å². The summed E-state index contributed by atoms with van der Waals surface area (Å²) in [6.07, 6.45) is 2.04. The molecule has 1 aliphatic rings. The minimum absolute atomic E-state index is 0.255. The summed E-state index contributed by atoms with van der Waals surface area (Å²) in [4.78, 5) is 8.88. The molecule has 0 unspecified atom stereocenters. The van der Waals surface area contributed by atoms with E-state index in [0.717, 1.165) is 12.2 Å². The average Bonchev–Trinajstić information content (AvgIpc) is 1.97. The Kier molecular flexibility index (Phi) is 2.14. The van der Waals surface area contributed by atoms with Crippen molar-refractivity contribution in [2.75, 3.05) is 0 Å². The van der Waals surface area contributed by atoms with Crippen LogP contribution in [0.1, 0.15) is 0 Å². The highest BCUT2D eigenvalue weighted by Crippen LogP contribution is 2.30. The fourth-order valence-corrected chi connectivity index (χ4v) is 1.00. The van der Waals surface area contributed by atoms with Crippen molar-refractivity contribution in [3.8, 4) is 0 Å². The van der Waals surface area contributed by atoms with Crippen molar-refractivity contribution in [2.45, 2.75) is 11.2 Å². The maximum Gasteiger partial charge on any atom is 0.400 e. The minimum Gasteiger partial charge on any atom is -0.261 e. The van der Waals surface area contributed by atoms with Gasteiger partial charge < -0.3 is 0 Å². The lowest BCUT2D eigenvalue weighted by Crippen LogP contribution is -2.40. The summed E-state index contributed by atoms with van der Waals surface area (Å²) in [5.41, 5.74) is 0. The molecule has 0 heterocycles. The molecule has 0 amide bonds. The first kappa shape index (κ1) is 9.12. The van der Waals surface area contributed by atoms with Gasteiger partial charge in [0, 0.05) is 0 Å². The van der Waals surface area contributed by atoms with Gasteiger partial charge in [-0.1, -0.05) is 6.08 Å². The number of nitro groups is 1. The van der Waals surface area contributed by atoms with E-state index in [0.29, 0.717) is 0 Å². The van der Waals surface area contributed by atoms with E-state index in [4.69, 9.17) is 11.6 Å². The minimum atomic E-state index is -3.03. The van der Waals surface area contributed by atoms with Crippen molar-refractivity contribution in [3.05, 3.63) is 34.2 Å². The third-order valence-electron chi connectivity index (χ3n) is 1.43. The van der Waals surface area contributed by atoms with Crippen molar-refractivity contribution < 1.29 is 13.7 Å². The number of alkyl halides is 2. The third-order valence-corrected chi connectivity index (χ3v) is 1.88. The highest BCUT2D eigenvalue weighted by Gasteiger charge is 2.49. The highest BCUT2D eigenvalue weighted by atomic mass is 35.5. The van der Waals surface area contributed by atoms with Crippen LogP contribution in [0.3, 0.4) is 0 Å². The van der Waals surface area contributed by atoms with Crippen LogP contribution in [0.2, 0.25) is 0 Å². The number of halogens is 3. The van der Waals surface area contributed by atoms with Crippen molar-refractivity contribution in [1.29, 1.82) is 0 Å². The Balaban J connectivity index is 3.05. The monoisotopic (exact) mass is 195 g/mol. The predicted molar refractivity (Wildman–Crippen MR) is 38.8 cm³/mol. The van der Waals surface area contributed by atoms with Gasteiger partial charge in [0.15, 0.2) is 5.38 Å². The molecule has 3 nitrogen and oxygen atoms in total. The molecule has 1 rings (SSSR count). The summed E-state index contributed by atoms with van der Waals surface area (Å²) >= 11 is 5.27. The molecular formula is C6H4ClF2NO2. The van der Waals surface area contributed by atoms with Crippen LogP contribution in [0.25, 0.3) is 0 Å². The second kappa shape index (κ2) is 2.82. The first-order chi connectivity index (χ1) is 5.47. The third kappa shape index (κ3) is 1.32. The van der Waals surface area contributed by atoms with E-state index in [2.05, 4.69) is 0 Å².